The van der Waals surface area contributed by atoms with Crippen LogP contribution >= 0.6 is 18.9 Å². The van der Waals surface area contributed by atoms with Crippen molar-refractivity contribution in [3.8, 4) is 11.5 Å². The van der Waals surface area contributed by atoms with Gasteiger partial charge in [0.25, 0.3) is 5.91 Å². The number of nitrogens with zero attached hydrogens (tertiary/aromatic N) is 1. The van der Waals surface area contributed by atoms with Crippen molar-refractivity contribution in [3.63, 3.8) is 0 Å². The molecular weight excluding hydrogens is 465 g/mol. The van der Waals surface area contributed by atoms with E-state index >= 15 is 0 Å². The molecule has 32 heavy (non-hydrogen) atoms. The molecule has 8 nitrogen and oxygen atoms in total. The molecular formula is C20H19F2N2O6PS. The van der Waals surface area contributed by atoms with E-state index in [-0.39, 0.29) is 34.7 Å². The average molecular weight is 484 g/mol. The van der Waals surface area contributed by atoms with Gasteiger partial charge in [0.15, 0.2) is 10.3 Å². The van der Waals surface area contributed by atoms with Gasteiger partial charge >= 0.3 is 7.60 Å². The summed E-state index contributed by atoms with van der Waals surface area (Å²) in [4.78, 5) is 34.9. The SMILES string of the molecule is CC(C)Oc1cc(OC2=CC=C(P(=O)(O)O)C(F)=CC2)cc(C(=O)Nc2ncc(F)s2)c1. The average Bonchev–Trinajstić information content (AvgIpc) is 2.98. The number of benzene rings is 1. The monoisotopic (exact) mass is 484 g/mol. The molecule has 0 atom stereocenters. The number of allylic oxidation sites excluding steroid dienone is 5. The first-order valence-corrected chi connectivity index (χ1v) is 11.7. The molecule has 1 heterocycles. The van der Waals surface area contributed by atoms with E-state index in [1.165, 1.54) is 24.3 Å². The van der Waals surface area contributed by atoms with Gasteiger partial charge in [0.1, 0.15) is 23.1 Å². The van der Waals surface area contributed by atoms with Crippen LogP contribution in [0.2, 0.25) is 0 Å². The molecule has 0 aliphatic heterocycles. The standard InChI is InChI=1S/C20H19F2N2O6PS/c1-11(2)29-14-7-12(19(25)24-20-23-10-18(22)32-20)8-15(9-14)30-13-3-5-16(21)17(6-4-13)31(26,27)28/h4-11H,3H2,1-2H3,(H,23,24,25)(H2,26,27,28). The molecule has 0 radical (unpaired) electrons. The van der Waals surface area contributed by atoms with E-state index in [0.717, 1.165) is 18.3 Å². The molecule has 0 unspecified atom stereocenters. The van der Waals surface area contributed by atoms with Crippen LogP contribution in [0.25, 0.3) is 0 Å². The minimum absolute atomic E-state index is 0.0762. The van der Waals surface area contributed by atoms with Crippen LogP contribution in [0.5, 0.6) is 11.5 Å². The minimum Gasteiger partial charge on any atom is -0.491 e. The number of thiazole rings is 1. The van der Waals surface area contributed by atoms with Gasteiger partial charge in [-0.3, -0.25) is 14.7 Å². The first kappa shape index (κ1) is 23.8. The number of hydrogen-bond acceptors (Lipinski definition) is 6. The summed E-state index contributed by atoms with van der Waals surface area (Å²) in [6.07, 6.45) is 3.87. The first-order valence-electron chi connectivity index (χ1n) is 9.26. The molecule has 0 spiro atoms. The molecule has 1 aromatic carbocycles. The van der Waals surface area contributed by atoms with Crippen LogP contribution < -0.4 is 14.8 Å². The van der Waals surface area contributed by atoms with Crippen molar-refractivity contribution in [2.75, 3.05) is 5.32 Å². The topological polar surface area (TPSA) is 118 Å². The molecule has 1 aliphatic rings. The number of aromatic nitrogens is 1. The van der Waals surface area contributed by atoms with Crippen molar-refractivity contribution >= 4 is 30.0 Å². The quantitative estimate of drug-likeness (QED) is 0.478. The zero-order valence-electron chi connectivity index (χ0n) is 16.9. The van der Waals surface area contributed by atoms with Crippen LogP contribution in [0.15, 0.2) is 59.5 Å². The van der Waals surface area contributed by atoms with Gasteiger partial charge < -0.3 is 19.3 Å². The van der Waals surface area contributed by atoms with Gasteiger partial charge in [0, 0.05) is 18.1 Å². The van der Waals surface area contributed by atoms with Crippen LogP contribution in [0.3, 0.4) is 0 Å². The maximum absolute atomic E-state index is 14.0. The lowest BCUT2D eigenvalue weighted by Crippen LogP contribution is -2.13. The normalized spacial score (nSPS) is 14.3. The summed E-state index contributed by atoms with van der Waals surface area (Å²) in [5.74, 6) is -0.954. The Morgan fingerprint density at radius 1 is 1.22 bits per heavy atom. The van der Waals surface area contributed by atoms with Gasteiger partial charge in [-0.25, -0.2) is 9.37 Å². The van der Waals surface area contributed by atoms with Crippen molar-refractivity contribution in [2.45, 2.75) is 26.4 Å². The lowest BCUT2D eigenvalue weighted by atomic mass is 10.2. The molecule has 1 aliphatic carbocycles. The molecule has 3 rings (SSSR count). The number of amides is 1. The fourth-order valence-corrected chi connectivity index (χ4v) is 3.84. The molecule has 170 valence electrons. The Bertz CT molecular complexity index is 1170. The predicted octanol–water partition coefficient (Wildman–Crippen LogP) is 4.90. The van der Waals surface area contributed by atoms with Crippen LogP contribution in [0.1, 0.15) is 30.6 Å². The summed E-state index contributed by atoms with van der Waals surface area (Å²) >= 11 is 0.669. The van der Waals surface area contributed by atoms with E-state index in [4.69, 9.17) is 9.47 Å². The summed E-state index contributed by atoms with van der Waals surface area (Å²) in [6.45, 7) is 3.59. The Morgan fingerprint density at radius 2 is 1.94 bits per heavy atom. The van der Waals surface area contributed by atoms with Crippen LogP contribution in [0, 0.1) is 5.13 Å². The van der Waals surface area contributed by atoms with Gasteiger partial charge in [-0.1, -0.05) is 11.3 Å². The second-order valence-electron chi connectivity index (χ2n) is 6.87. The Morgan fingerprint density at radius 3 is 2.56 bits per heavy atom. The molecule has 12 heteroatoms. The molecule has 1 amide bonds. The maximum Gasteiger partial charge on any atom is 0.359 e. The fraction of sp³-hybridized carbons (Fsp3) is 0.200. The van der Waals surface area contributed by atoms with E-state index in [1.54, 1.807) is 13.8 Å². The summed E-state index contributed by atoms with van der Waals surface area (Å²) < 4.78 is 50.0. The lowest BCUT2D eigenvalue weighted by molar-refractivity contribution is 0.102. The number of rotatable bonds is 7. The smallest absolute Gasteiger partial charge is 0.359 e. The van der Waals surface area contributed by atoms with Gasteiger partial charge in [-0.05, 0) is 44.2 Å². The van der Waals surface area contributed by atoms with Crippen LogP contribution in [-0.2, 0) is 4.57 Å². The van der Waals surface area contributed by atoms with Crippen LogP contribution in [0.4, 0.5) is 13.9 Å². The summed E-state index contributed by atoms with van der Waals surface area (Å²) in [7, 11) is -4.80. The zero-order chi connectivity index (χ0) is 23.5. The molecule has 0 saturated heterocycles. The zero-order valence-corrected chi connectivity index (χ0v) is 18.6. The van der Waals surface area contributed by atoms with Crippen molar-refractivity contribution in [2.24, 2.45) is 0 Å². The van der Waals surface area contributed by atoms with Gasteiger partial charge in [-0.2, -0.15) is 4.39 Å². The van der Waals surface area contributed by atoms with Gasteiger partial charge in [-0.15, -0.1) is 0 Å². The number of nitrogens with one attached hydrogen (secondary N) is 1. The number of ether oxygens (including phenoxy) is 2. The Kier molecular flexibility index (Phi) is 7.25. The van der Waals surface area contributed by atoms with Gasteiger partial charge in [0.05, 0.1) is 17.6 Å². The first-order chi connectivity index (χ1) is 15.0. The Balaban J connectivity index is 1.89. The second kappa shape index (κ2) is 9.74. The summed E-state index contributed by atoms with van der Waals surface area (Å²) in [5, 5.41) is 1.25. The highest BCUT2D eigenvalue weighted by atomic mass is 32.1. The highest BCUT2D eigenvalue weighted by molar-refractivity contribution is 7.56. The molecule has 1 aromatic heterocycles. The molecule has 0 fully saturated rings. The number of carbonyl (C=O) groups is 1. The Labute approximate surface area is 186 Å². The molecule has 3 N–H and O–H groups in total. The second-order valence-corrected chi connectivity index (χ2v) is 9.42. The largest absolute Gasteiger partial charge is 0.491 e. The summed E-state index contributed by atoms with van der Waals surface area (Å²) in [6, 6.07) is 4.38. The van der Waals surface area contributed by atoms with Gasteiger partial charge in [0.2, 0.25) is 0 Å². The van der Waals surface area contributed by atoms with E-state index in [9.17, 15) is 27.9 Å². The minimum atomic E-state index is -4.80. The number of hydrogen-bond donors (Lipinski definition) is 3. The molecule has 2 aromatic rings. The highest BCUT2D eigenvalue weighted by Crippen LogP contribution is 2.50. The third-order valence-electron chi connectivity index (χ3n) is 3.93. The third-order valence-corrected chi connectivity index (χ3v) is 5.62. The fourth-order valence-electron chi connectivity index (χ4n) is 2.66. The Hall–Kier alpha value is -2.85. The third kappa shape index (κ3) is 6.33. The van der Waals surface area contributed by atoms with E-state index < -0.39 is 29.8 Å². The number of carbonyl (C=O) groups excluding carboxylic acids is 1. The van der Waals surface area contributed by atoms with E-state index in [1.807, 2.05) is 0 Å². The molecule has 0 bridgehead atoms. The highest BCUT2D eigenvalue weighted by Gasteiger charge is 2.26. The number of halogens is 2. The van der Waals surface area contributed by atoms with E-state index in [0.29, 0.717) is 17.1 Å². The summed E-state index contributed by atoms with van der Waals surface area (Å²) in [5.41, 5.74) is 0.135. The predicted molar refractivity (Wildman–Crippen MR) is 115 cm³/mol. The van der Waals surface area contributed by atoms with Crippen molar-refractivity contribution in [3.05, 3.63) is 70.2 Å². The van der Waals surface area contributed by atoms with Crippen molar-refractivity contribution in [1.82, 2.24) is 4.98 Å². The maximum atomic E-state index is 14.0. The number of anilines is 1. The van der Waals surface area contributed by atoms with E-state index in [2.05, 4.69) is 10.3 Å². The molecule has 0 saturated carbocycles. The van der Waals surface area contributed by atoms with Crippen molar-refractivity contribution in [1.29, 1.82) is 0 Å². The van der Waals surface area contributed by atoms with Crippen LogP contribution in [-0.4, -0.2) is 26.8 Å². The van der Waals surface area contributed by atoms with Crippen molar-refractivity contribution < 1.29 is 37.4 Å². The lowest BCUT2D eigenvalue weighted by Gasteiger charge is -2.14.